The Bertz CT molecular complexity index is 329. The zero-order valence-electron chi connectivity index (χ0n) is 10.5. The molecule has 0 fully saturated rings. The fourth-order valence-corrected chi connectivity index (χ4v) is 1.87. The van der Waals surface area contributed by atoms with E-state index in [1.165, 1.54) is 0 Å². The smallest absolute Gasteiger partial charge is 0.0839 e. The monoisotopic (exact) mass is 256 g/mol. The van der Waals surface area contributed by atoms with Crippen molar-refractivity contribution in [2.24, 2.45) is 0 Å². The lowest BCUT2D eigenvalue weighted by Crippen LogP contribution is -2.35. The van der Waals surface area contributed by atoms with Crippen LogP contribution in [0.5, 0.6) is 0 Å². The Morgan fingerprint density at radius 3 is 2.65 bits per heavy atom. The molecule has 0 aromatic heterocycles. The van der Waals surface area contributed by atoms with E-state index in [1.807, 2.05) is 24.3 Å². The second kappa shape index (κ2) is 7.54. The van der Waals surface area contributed by atoms with Crippen LogP contribution in [0, 0.1) is 0 Å². The van der Waals surface area contributed by atoms with E-state index in [2.05, 4.69) is 24.1 Å². The van der Waals surface area contributed by atoms with Gasteiger partial charge in [0.25, 0.3) is 0 Å². The third-order valence-corrected chi connectivity index (χ3v) is 2.96. The zero-order valence-corrected chi connectivity index (χ0v) is 11.2. The number of nitrogens with one attached hydrogen (secondary N) is 1. The minimum absolute atomic E-state index is 0.367. The number of aliphatic hydroxyl groups excluding tert-OH is 1. The van der Waals surface area contributed by atoms with Crippen LogP contribution >= 0.6 is 11.6 Å². The molecule has 17 heavy (non-hydrogen) atoms. The number of nitrogens with zero attached hydrogens (tertiary/aromatic N) is 1. The van der Waals surface area contributed by atoms with Crippen LogP contribution in [0.25, 0.3) is 0 Å². The topological polar surface area (TPSA) is 35.5 Å². The average Bonchev–Trinajstić information content (AvgIpc) is 2.33. The number of halogens is 1. The molecule has 1 aromatic carbocycles. The number of benzene rings is 1. The lowest BCUT2D eigenvalue weighted by molar-refractivity contribution is 0.128. The number of hydrogen-bond acceptors (Lipinski definition) is 3. The Labute approximate surface area is 108 Å². The highest BCUT2D eigenvalue weighted by molar-refractivity contribution is 6.30. The van der Waals surface area contributed by atoms with Crippen molar-refractivity contribution in [2.45, 2.75) is 20.0 Å². The molecule has 0 bridgehead atoms. The van der Waals surface area contributed by atoms with E-state index in [1.54, 1.807) is 0 Å². The Balaban J connectivity index is 2.35. The molecule has 3 nitrogen and oxygen atoms in total. The van der Waals surface area contributed by atoms with E-state index in [0.717, 1.165) is 18.8 Å². The van der Waals surface area contributed by atoms with Gasteiger partial charge in [-0.25, -0.2) is 0 Å². The molecule has 0 saturated carbocycles. The van der Waals surface area contributed by atoms with Gasteiger partial charge in [0.05, 0.1) is 6.10 Å². The summed E-state index contributed by atoms with van der Waals surface area (Å²) >= 11 is 5.88. The van der Waals surface area contributed by atoms with Crippen molar-refractivity contribution in [3.05, 3.63) is 29.3 Å². The van der Waals surface area contributed by atoms with Gasteiger partial charge in [0, 0.05) is 23.8 Å². The van der Waals surface area contributed by atoms with Crippen LogP contribution in [-0.4, -0.2) is 42.3 Å². The largest absolute Gasteiger partial charge is 0.390 e. The molecule has 2 N–H and O–H groups in total. The van der Waals surface area contributed by atoms with E-state index in [0.29, 0.717) is 18.1 Å². The molecule has 0 aliphatic rings. The molecule has 0 aliphatic carbocycles. The van der Waals surface area contributed by atoms with Crippen molar-refractivity contribution < 1.29 is 5.11 Å². The van der Waals surface area contributed by atoms with Gasteiger partial charge < -0.3 is 15.3 Å². The van der Waals surface area contributed by atoms with E-state index < -0.39 is 0 Å². The first-order valence-corrected chi connectivity index (χ1v) is 6.43. The number of rotatable bonds is 7. The minimum atomic E-state index is -0.367. The van der Waals surface area contributed by atoms with Crippen LogP contribution in [0.3, 0.4) is 0 Å². The molecule has 0 radical (unpaired) electrons. The van der Waals surface area contributed by atoms with Crippen molar-refractivity contribution >= 4 is 17.3 Å². The van der Waals surface area contributed by atoms with Gasteiger partial charge >= 0.3 is 0 Å². The van der Waals surface area contributed by atoms with E-state index in [-0.39, 0.29) is 6.10 Å². The Hall–Kier alpha value is -0.770. The highest BCUT2D eigenvalue weighted by atomic mass is 35.5. The zero-order chi connectivity index (χ0) is 12.7. The molecule has 0 spiro atoms. The highest BCUT2D eigenvalue weighted by Crippen LogP contribution is 2.14. The summed E-state index contributed by atoms with van der Waals surface area (Å²) in [7, 11) is 0. The van der Waals surface area contributed by atoms with Gasteiger partial charge in [-0.3, -0.25) is 0 Å². The van der Waals surface area contributed by atoms with Crippen LogP contribution in [0.2, 0.25) is 5.02 Å². The van der Waals surface area contributed by atoms with Crippen LogP contribution in [0.15, 0.2) is 24.3 Å². The van der Waals surface area contributed by atoms with Gasteiger partial charge in [-0.2, -0.15) is 0 Å². The summed E-state index contributed by atoms with van der Waals surface area (Å²) in [4.78, 5) is 2.20. The predicted molar refractivity (Wildman–Crippen MR) is 73.7 cm³/mol. The number of hydrogen-bond donors (Lipinski definition) is 2. The van der Waals surface area contributed by atoms with Crippen LogP contribution < -0.4 is 5.32 Å². The standard InChI is InChI=1S/C13H21ClN2O/c1-3-16(4-2)10-13(17)9-15-12-7-5-6-11(14)8-12/h5-8,13,15,17H,3-4,9-10H2,1-2H3. The molecule has 0 amide bonds. The maximum absolute atomic E-state index is 9.88. The Morgan fingerprint density at radius 1 is 1.35 bits per heavy atom. The first-order valence-electron chi connectivity index (χ1n) is 6.05. The van der Waals surface area contributed by atoms with Crippen molar-refractivity contribution in [2.75, 3.05) is 31.5 Å². The summed E-state index contributed by atoms with van der Waals surface area (Å²) in [6, 6.07) is 7.52. The molecule has 0 saturated heterocycles. The first-order chi connectivity index (χ1) is 8.15. The van der Waals surface area contributed by atoms with Gasteiger partial charge in [0.1, 0.15) is 0 Å². The molecular formula is C13H21ClN2O. The van der Waals surface area contributed by atoms with E-state index >= 15 is 0 Å². The van der Waals surface area contributed by atoms with Gasteiger partial charge in [-0.1, -0.05) is 31.5 Å². The number of anilines is 1. The van der Waals surface area contributed by atoms with Crippen molar-refractivity contribution in [1.82, 2.24) is 4.90 Å². The lowest BCUT2D eigenvalue weighted by Gasteiger charge is -2.22. The van der Waals surface area contributed by atoms with Gasteiger partial charge in [-0.05, 0) is 31.3 Å². The fraction of sp³-hybridized carbons (Fsp3) is 0.538. The molecule has 0 heterocycles. The first kappa shape index (κ1) is 14.3. The maximum atomic E-state index is 9.88. The molecule has 0 aliphatic heterocycles. The average molecular weight is 257 g/mol. The fourth-order valence-electron chi connectivity index (χ4n) is 1.68. The molecule has 4 heteroatoms. The number of aliphatic hydroxyl groups is 1. The molecule has 1 atom stereocenters. The van der Waals surface area contributed by atoms with Crippen molar-refractivity contribution in [1.29, 1.82) is 0 Å². The van der Waals surface area contributed by atoms with E-state index in [4.69, 9.17) is 11.6 Å². The van der Waals surface area contributed by atoms with E-state index in [9.17, 15) is 5.11 Å². The third kappa shape index (κ3) is 5.39. The molecular weight excluding hydrogens is 236 g/mol. The summed E-state index contributed by atoms with van der Waals surface area (Å²) < 4.78 is 0. The van der Waals surface area contributed by atoms with Crippen LogP contribution in [0.4, 0.5) is 5.69 Å². The summed E-state index contributed by atoms with van der Waals surface area (Å²) in [6.45, 7) is 7.36. The Kier molecular flexibility index (Phi) is 6.34. The maximum Gasteiger partial charge on any atom is 0.0839 e. The van der Waals surface area contributed by atoms with Gasteiger partial charge in [0.15, 0.2) is 0 Å². The summed E-state index contributed by atoms with van der Waals surface area (Å²) in [5.74, 6) is 0. The second-order valence-corrected chi connectivity index (χ2v) is 4.47. The third-order valence-electron chi connectivity index (χ3n) is 2.73. The molecule has 1 rings (SSSR count). The molecule has 1 unspecified atom stereocenters. The Morgan fingerprint density at radius 2 is 2.06 bits per heavy atom. The quantitative estimate of drug-likeness (QED) is 0.787. The normalized spacial score (nSPS) is 12.8. The van der Waals surface area contributed by atoms with Crippen molar-refractivity contribution in [3.8, 4) is 0 Å². The van der Waals surface area contributed by atoms with Crippen LogP contribution in [-0.2, 0) is 0 Å². The summed E-state index contributed by atoms with van der Waals surface area (Å²) in [5.41, 5.74) is 0.941. The molecule has 96 valence electrons. The summed E-state index contributed by atoms with van der Waals surface area (Å²) in [6.07, 6.45) is -0.367. The highest BCUT2D eigenvalue weighted by Gasteiger charge is 2.08. The minimum Gasteiger partial charge on any atom is -0.390 e. The van der Waals surface area contributed by atoms with Crippen LogP contribution in [0.1, 0.15) is 13.8 Å². The lowest BCUT2D eigenvalue weighted by atomic mass is 10.2. The summed E-state index contributed by atoms with van der Waals surface area (Å²) in [5, 5.41) is 13.8. The predicted octanol–water partition coefficient (Wildman–Crippen LogP) is 2.45. The number of likely N-dealkylation sites (N-methyl/N-ethyl adjacent to an activating group) is 1. The molecule has 1 aromatic rings. The van der Waals surface area contributed by atoms with Gasteiger partial charge in [-0.15, -0.1) is 0 Å². The van der Waals surface area contributed by atoms with Crippen molar-refractivity contribution in [3.63, 3.8) is 0 Å². The SMILES string of the molecule is CCN(CC)CC(O)CNc1cccc(Cl)c1. The second-order valence-electron chi connectivity index (χ2n) is 4.03. The van der Waals surface area contributed by atoms with Gasteiger partial charge in [0.2, 0.25) is 0 Å².